The lowest BCUT2D eigenvalue weighted by Gasteiger charge is -2.20. The van der Waals surface area contributed by atoms with Crippen molar-refractivity contribution in [3.8, 4) is 11.1 Å². The number of rotatable bonds is 3. The summed E-state index contributed by atoms with van der Waals surface area (Å²) >= 11 is 0. The van der Waals surface area contributed by atoms with Gasteiger partial charge in [0.1, 0.15) is 0 Å². The highest BCUT2D eigenvalue weighted by Gasteiger charge is 2.35. The monoisotopic (exact) mass is 261 g/mol. The van der Waals surface area contributed by atoms with Crippen molar-refractivity contribution in [3.63, 3.8) is 0 Å². The average molecular weight is 261 g/mol. The molecule has 0 aliphatic heterocycles. The molecule has 2 aromatic rings. The molecule has 0 heterocycles. The van der Waals surface area contributed by atoms with E-state index >= 15 is 0 Å². The van der Waals surface area contributed by atoms with Crippen LogP contribution in [0.4, 0.5) is 14.5 Å². The van der Waals surface area contributed by atoms with E-state index in [0.29, 0.717) is 5.69 Å². The van der Waals surface area contributed by atoms with E-state index in [1.54, 1.807) is 24.3 Å². The first-order valence-electron chi connectivity index (χ1n) is 6.25. The largest absolute Gasteiger partial charge is 0.399 e. The van der Waals surface area contributed by atoms with E-state index in [0.717, 1.165) is 11.1 Å². The quantitative estimate of drug-likeness (QED) is 0.797. The molecule has 0 fully saturated rings. The second kappa shape index (κ2) is 5.00. The van der Waals surface area contributed by atoms with Crippen LogP contribution >= 0.6 is 0 Å². The first-order chi connectivity index (χ1) is 8.91. The van der Waals surface area contributed by atoms with Crippen molar-refractivity contribution in [2.24, 2.45) is 5.92 Å². The first-order valence-corrected chi connectivity index (χ1v) is 6.25. The number of benzene rings is 2. The Morgan fingerprint density at radius 1 is 0.842 bits per heavy atom. The molecule has 0 radical (unpaired) electrons. The number of halogens is 2. The Hall–Kier alpha value is -1.90. The lowest BCUT2D eigenvalue weighted by Crippen LogP contribution is -2.20. The summed E-state index contributed by atoms with van der Waals surface area (Å²) in [7, 11) is 0. The molecule has 0 amide bonds. The minimum Gasteiger partial charge on any atom is -0.399 e. The van der Waals surface area contributed by atoms with Gasteiger partial charge in [-0.2, -0.15) is 0 Å². The fourth-order valence-corrected chi connectivity index (χ4v) is 1.89. The maximum atomic E-state index is 13.8. The smallest absolute Gasteiger partial charge is 0.275 e. The molecule has 0 saturated carbocycles. The van der Waals surface area contributed by atoms with Crippen molar-refractivity contribution < 1.29 is 8.78 Å². The Balaban J connectivity index is 2.31. The molecular weight excluding hydrogens is 244 g/mol. The Bertz CT molecular complexity index is 542. The van der Waals surface area contributed by atoms with Gasteiger partial charge < -0.3 is 5.73 Å². The number of nitrogen functional groups attached to an aromatic ring is 1. The summed E-state index contributed by atoms with van der Waals surface area (Å²) in [6.45, 7) is 3.04. The van der Waals surface area contributed by atoms with E-state index in [-0.39, 0.29) is 5.56 Å². The molecular formula is C16H17F2N. The van der Waals surface area contributed by atoms with Crippen LogP contribution in [0.5, 0.6) is 0 Å². The Morgan fingerprint density at radius 3 is 1.68 bits per heavy atom. The normalized spacial score (nSPS) is 11.8. The van der Waals surface area contributed by atoms with Crippen LogP contribution in [0.25, 0.3) is 11.1 Å². The van der Waals surface area contributed by atoms with Crippen LogP contribution in [0.2, 0.25) is 0 Å². The number of alkyl halides is 2. The second-order valence-electron chi connectivity index (χ2n) is 4.98. The summed E-state index contributed by atoms with van der Waals surface area (Å²) < 4.78 is 27.7. The van der Waals surface area contributed by atoms with Gasteiger partial charge in [0.25, 0.3) is 5.92 Å². The molecule has 0 aliphatic carbocycles. The van der Waals surface area contributed by atoms with Gasteiger partial charge >= 0.3 is 0 Å². The number of nitrogens with two attached hydrogens (primary N) is 1. The summed E-state index contributed by atoms with van der Waals surface area (Å²) in [5.74, 6) is -3.51. The zero-order chi connectivity index (χ0) is 14.0. The zero-order valence-electron chi connectivity index (χ0n) is 11.0. The summed E-state index contributed by atoms with van der Waals surface area (Å²) in [6.07, 6.45) is 0. The van der Waals surface area contributed by atoms with Crippen molar-refractivity contribution in [1.82, 2.24) is 0 Å². The Kier molecular flexibility index (Phi) is 3.56. The number of hydrogen-bond donors (Lipinski definition) is 1. The van der Waals surface area contributed by atoms with Crippen molar-refractivity contribution in [3.05, 3.63) is 54.1 Å². The van der Waals surface area contributed by atoms with Crippen LogP contribution in [-0.4, -0.2) is 0 Å². The summed E-state index contributed by atoms with van der Waals surface area (Å²) in [5.41, 5.74) is 8.24. The second-order valence-corrected chi connectivity index (χ2v) is 4.98. The summed E-state index contributed by atoms with van der Waals surface area (Å²) in [6, 6.07) is 13.8. The van der Waals surface area contributed by atoms with E-state index in [1.807, 2.05) is 12.1 Å². The van der Waals surface area contributed by atoms with Gasteiger partial charge in [-0.25, -0.2) is 8.78 Å². The number of hydrogen-bond acceptors (Lipinski definition) is 1. The maximum Gasteiger partial charge on any atom is 0.275 e. The maximum absolute atomic E-state index is 13.8. The minimum absolute atomic E-state index is 0.0571. The third kappa shape index (κ3) is 2.75. The predicted octanol–water partition coefficient (Wildman–Crippen LogP) is 4.68. The third-order valence-electron chi connectivity index (χ3n) is 3.24. The fourth-order valence-electron chi connectivity index (χ4n) is 1.89. The molecule has 0 spiro atoms. The Morgan fingerprint density at radius 2 is 1.26 bits per heavy atom. The molecule has 1 nitrogen and oxygen atoms in total. The summed E-state index contributed by atoms with van der Waals surface area (Å²) in [4.78, 5) is 0. The SMILES string of the molecule is CC(C)C(F)(F)c1ccc(-c2ccc(N)cc2)cc1. The molecule has 2 rings (SSSR count). The fraction of sp³-hybridized carbons (Fsp3) is 0.250. The first kappa shape index (κ1) is 13.5. The van der Waals surface area contributed by atoms with E-state index in [4.69, 9.17) is 5.73 Å². The molecule has 3 heteroatoms. The van der Waals surface area contributed by atoms with E-state index in [1.165, 1.54) is 26.0 Å². The van der Waals surface area contributed by atoms with Crippen molar-refractivity contribution in [2.45, 2.75) is 19.8 Å². The molecule has 0 bridgehead atoms. The molecule has 0 aliphatic rings. The lowest BCUT2D eigenvalue weighted by atomic mass is 9.95. The molecule has 0 saturated heterocycles. The standard InChI is InChI=1S/C16H17F2N/c1-11(2)16(17,18)14-7-3-12(4-8-14)13-5-9-15(19)10-6-13/h3-11H,19H2,1-2H3. The number of anilines is 1. The van der Waals surface area contributed by atoms with Gasteiger partial charge in [-0.1, -0.05) is 50.2 Å². The van der Waals surface area contributed by atoms with Crippen molar-refractivity contribution in [2.75, 3.05) is 5.73 Å². The zero-order valence-corrected chi connectivity index (χ0v) is 11.0. The summed E-state index contributed by atoms with van der Waals surface area (Å²) in [5, 5.41) is 0. The van der Waals surface area contributed by atoms with Crippen LogP contribution in [0.3, 0.4) is 0 Å². The highest BCUT2D eigenvalue weighted by molar-refractivity contribution is 5.65. The molecule has 100 valence electrons. The van der Waals surface area contributed by atoms with Crippen LogP contribution in [-0.2, 0) is 5.92 Å². The van der Waals surface area contributed by atoms with E-state index < -0.39 is 11.8 Å². The molecule has 19 heavy (non-hydrogen) atoms. The molecule has 0 atom stereocenters. The molecule has 2 N–H and O–H groups in total. The Labute approximate surface area is 112 Å². The highest BCUT2D eigenvalue weighted by atomic mass is 19.3. The van der Waals surface area contributed by atoms with E-state index in [2.05, 4.69) is 0 Å². The van der Waals surface area contributed by atoms with Gasteiger partial charge in [-0.05, 0) is 23.3 Å². The molecule has 2 aromatic carbocycles. The van der Waals surface area contributed by atoms with Gasteiger partial charge in [-0.15, -0.1) is 0 Å². The van der Waals surface area contributed by atoms with E-state index in [9.17, 15) is 8.78 Å². The predicted molar refractivity (Wildman–Crippen MR) is 75.0 cm³/mol. The van der Waals surface area contributed by atoms with Gasteiger partial charge in [0, 0.05) is 17.2 Å². The topological polar surface area (TPSA) is 26.0 Å². The van der Waals surface area contributed by atoms with Crippen LogP contribution in [0.1, 0.15) is 19.4 Å². The van der Waals surface area contributed by atoms with Crippen molar-refractivity contribution >= 4 is 5.69 Å². The van der Waals surface area contributed by atoms with Crippen LogP contribution in [0.15, 0.2) is 48.5 Å². The van der Waals surface area contributed by atoms with Crippen LogP contribution in [0, 0.1) is 5.92 Å². The molecule has 0 aromatic heterocycles. The van der Waals surface area contributed by atoms with Gasteiger partial charge in [0.2, 0.25) is 0 Å². The van der Waals surface area contributed by atoms with Gasteiger partial charge in [0.05, 0.1) is 0 Å². The third-order valence-corrected chi connectivity index (χ3v) is 3.24. The van der Waals surface area contributed by atoms with Gasteiger partial charge in [-0.3, -0.25) is 0 Å². The average Bonchev–Trinajstić information content (AvgIpc) is 2.39. The minimum atomic E-state index is -2.79. The van der Waals surface area contributed by atoms with Crippen LogP contribution < -0.4 is 5.73 Å². The highest BCUT2D eigenvalue weighted by Crippen LogP contribution is 2.36. The van der Waals surface area contributed by atoms with Crippen molar-refractivity contribution in [1.29, 1.82) is 0 Å². The van der Waals surface area contributed by atoms with Gasteiger partial charge in [0.15, 0.2) is 0 Å². The lowest BCUT2D eigenvalue weighted by molar-refractivity contribution is -0.0513. The molecule has 0 unspecified atom stereocenters.